The molecule has 3 heterocycles. The van der Waals surface area contributed by atoms with Crippen molar-refractivity contribution in [2.24, 2.45) is 0 Å². The zero-order valence-corrected chi connectivity index (χ0v) is 16.3. The van der Waals surface area contributed by atoms with E-state index < -0.39 is 5.97 Å². The summed E-state index contributed by atoms with van der Waals surface area (Å²) in [5, 5.41) is 10.3. The topological polar surface area (TPSA) is 107 Å². The number of rotatable bonds is 4. The maximum atomic E-state index is 12.3. The van der Waals surface area contributed by atoms with Gasteiger partial charge in [-0.05, 0) is 53.2 Å². The van der Waals surface area contributed by atoms with Crippen LogP contribution in [0.25, 0.3) is 11.7 Å². The molecule has 2 aromatic heterocycles. The molecule has 0 bridgehead atoms. The first kappa shape index (κ1) is 17.8. The molecule has 8 nitrogen and oxygen atoms in total. The number of amides is 1. The van der Waals surface area contributed by atoms with Gasteiger partial charge in [0.2, 0.25) is 5.91 Å². The summed E-state index contributed by atoms with van der Waals surface area (Å²) in [6.07, 6.45) is 0. The Morgan fingerprint density at radius 2 is 2.15 bits per heavy atom. The van der Waals surface area contributed by atoms with Crippen LogP contribution >= 0.6 is 27.7 Å². The molecular weight excluding hydrogens is 438 g/mol. The first-order valence-corrected chi connectivity index (χ1v) is 9.53. The van der Waals surface area contributed by atoms with Gasteiger partial charge in [0.1, 0.15) is 0 Å². The molecule has 3 aromatic rings. The Morgan fingerprint density at radius 3 is 2.93 bits per heavy atom. The number of carbonyl (C=O) groups is 2. The average molecular weight is 450 g/mol. The van der Waals surface area contributed by atoms with Crippen molar-refractivity contribution in [2.45, 2.75) is 23.7 Å². The number of esters is 1. The molecule has 0 spiro atoms. The number of carbonyl (C=O) groups excluding carboxylic acids is 2. The molecule has 0 unspecified atom stereocenters. The largest absolute Gasteiger partial charge is 0.452 e. The minimum absolute atomic E-state index is 0.0963. The Hall–Kier alpha value is -2.59. The summed E-state index contributed by atoms with van der Waals surface area (Å²) in [7, 11) is 0. The number of ether oxygens (including phenoxy) is 1. The van der Waals surface area contributed by atoms with Crippen molar-refractivity contribution in [2.75, 3.05) is 5.32 Å². The van der Waals surface area contributed by atoms with Crippen LogP contribution in [0.2, 0.25) is 0 Å². The predicted octanol–water partition coefficient (Wildman–Crippen LogP) is 3.88. The summed E-state index contributed by atoms with van der Waals surface area (Å²) in [5.74, 6) is 0.0807. The van der Waals surface area contributed by atoms with Gasteiger partial charge >= 0.3 is 5.97 Å². The molecule has 1 atom stereocenters. The lowest BCUT2D eigenvalue weighted by molar-refractivity contribution is -0.115. The molecule has 138 valence electrons. The van der Waals surface area contributed by atoms with E-state index in [-0.39, 0.29) is 29.5 Å². The third kappa shape index (κ3) is 3.76. The number of nitrogens with one attached hydrogen (secondary N) is 1. The SMILES string of the molecule is C[C@H]1Sc2ccc(C(=O)OCc3nnc(-c4ccc(Br)o4)o3)cc2NC1=O. The van der Waals surface area contributed by atoms with Gasteiger partial charge in [-0.25, -0.2) is 4.79 Å². The Morgan fingerprint density at radius 1 is 1.30 bits per heavy atom. The lowest BCUT2D eigenvalue weighted by Gasteiger charge is -2.21. The molecule has 1 N–H and O–H groups in total. The quantitative estimate of drug-likeness (QED) is 0.597. The lowest BCUT2D eigenvalue weighted by atomic mass is 10.2. The van der Waals surface area contributed by atoms with E-state index in [1.165, 1.54) is 11.8 Å². The monoisotopic (exact) mass is 449 g/mol. The number of halogens is 1. The molecule has 1 amide bonds. The summed E-state index contributed by atoms with van der Waals surface area (Å²) < 4.78 is 16.5. The second-order valence-corrected chi connectivity index (χ2v) is 7.81. The molecule has 0 saturated carbocycles. The number of benzene rings is 1. The Labute approximate surface area is 165 Å². The second-order valence-electron chi connectivity index (χ2n) is 5.64. The van der Waals surface area contributed by atoms with Gasteiger partial charge in [-0.1, -0.05) is 0 Å². The van der Waals surface area contributed by atoms with Crippen molar-refractivity contribution in [3.05, 3.63) is 46.5 Å². The molecule has 1 aliphatic rings. The van der Waals surface area contributed by atoms with E-state index in [4.69, 9.17) is 13.6 Å². The van der Waals surface area contributed by atoms with E-state index in [1.807, 2.05) is 6.92 Å². The van der Waals surface area contributed by atoms with Crippen LogP contribution in [-0.4, -0.2) is 27.3 Å². The summed E-state index contributed by atoms with van der Waals surface area (Å²) in [6, 6.07) is 8.40. The summed E-state index contributed by atoms with van der Waals surface area (Å²) >= 11 is 4.63. The van der Waals surface area contributed by atoms with Crippen LogP contribution in [0.1, 0.15) is 23.2 Å². The molecule has 4 rings (SSSR count). The number of anilines is 1. The summed E-state index contributed by atoms with van der Waals surface area (Å²) in [6.45, 7) is 1.65. The predicted molar refractivity (Wildman–Crippen MR) is 99.2 cm³/mol. The number of aromatic nitrogens is 2. The Kier molecular flexibility index (Phi) is 4.75. The zero-order chi connectivity index (χ0) is 19.0. The maximum absolute atomic E-state index is 12.3. The van der Waals surface area contributed by atoms with Gasteiger partial charge in [-0.15, -0.1) is 22.0 Å². The van der Waals surface area contributed by atoms with Crippen LogP contribution in [0.4, 0.5) is 5.69 Å². The highest BCUT2D eigenvalue weighted by atomic mass is 79.9. The molecule has 0 saturated heterocycles. The van der Waals surface area contributed by atoms with Crippen LogP contribution in [0, 0.1) is 0 Å². The van der Waals surface area contributed by atoms with Crippen LogP contribution in [-0.2, 0) is 16.1 Å². The van der Waals surface area contributed by atoms with Crippen molar-refractivity contribution in [3.63, 3.8) is 0 Å². The van der Waals surface area contributed by atoms with E-state index in [1.54, 1.807) is 30.3 Å². The van der Waals surface area contributed by atoms with Gasteiger partial charge < -0.3 is 18.9 Å². The highest BCUT2D eigenvalue weighted by Gasteiger charge is 2.24. The number of furan rings is 1. The molecule has 0 radical (unpaired) electrons. The van der Waals surface area contributed by atoms with Gasteiger partial charge in [0, 0.05) is 4.90 Å². The highest BCUT2D eigenvalue weighted by Crippen LogP contribution is 2.36. The average Bonchev–Trinajstić information content (AvgIpc) is 3.29. The number of nitrogens with zero attached hydrogens (tertiary/aromatic N) is 2. The van der Waals surface area contributed by atoms with Crippen molar-refractivity contribution < 1.29 is 23.2 Å². The van der Waals surface area contributed by atoms with Crippen LogP contribution in [0.3, 0.4) is 0 Å². The van der Waals surface area contributed by atoms with Gasteiger partial charge in [0.15, 0.2) is 17.0 Å². The first-order chi connectivity index (χ1) is 13.0. The zero-order valence-electron chi connectivity index (χ0n) is 13.9. The van der Waals surface area contributed by atoms with Crippen molar-refractivity contribution in [1.29, 1.82) is 0 Å². The highest BCUT2D eigenvalue weighted by molar-refractivity contribution is 9.10. The van der Waals surface area contributed by atoms with E-state index in [0.717, 1.165) is 4.90 Å². The van der Waals surface area contributed by atoms with Gasteiger partial charge in [-0.3, -0.25) is 4.79 Å². The fourth-order valence-corrected chi connectivity index (χ4v) is 3.62. The van der Waals surface area contributed by atoms with Crippen molar-refractivity contribution in [3.8, 4) is 11.7 Å². The fraction of sp³-hybridized carbons (Fsp3) is 0.176. The van der Waals surface area contributed by atoms with Crippen LogP contribution in [0.5, 0.6) is 0 Å². The van der Waals surface area contributed by atoms with E-state index in [9.17, 15) is 9.59 Å². The second kappa shape index (κ2) is 7.20. The molecule has 0 fully saturated rings. The van der Waals surface area contributed by atoms with Crippen LogP contribution < -0.4 is 5.32 Å². The number of hydrogen-bond donors (Lipinski definition) is 1. The smallest absolute Gasteiger partial charge is 0.338 e. The molecule has 1 aromatic carbocycles. The molecule has 27 heavy (non-hydrogen) atoms. The fourth-order valence-electron chi connectivity index (χ4n) is 2.39. The number of thioether (sulfide) groups is 1. The van der Waals surface area contributed by atoms with E-state index in [2.05, 4.69) is 31.4 Å². The van der Waals surface area contributed by atoms with Gasteiger partial charge in [0.25, 0.3) is 11.8 Å². The minimum atomic E-state index is -0.559. The molecule has 0 aliphatic carbocycles. The van der Waals surface area contributed by atoms with E-state index >= 15 is 0 Å². The Balaban J connectivity index is 1.42. The third-order valence-corrected chi connectivity index (χ3v) is 5.33. The third-order valence-electron chi connectivity index (χ3n) is 3.72. The van der Waals surface area contributed by atoms with Crippen LogP contribution in [0.15, 0.2) is 48.7 Å². The number of fused-ring (bicyclic) bond motifs is 1. The van der Waals surface area contributed by atoms with Gasteiger partial charge in [-0.2, -0.15) is 0 Å². The Bertz CT molecular complexity index is 1030. The normalized spacial score (nSPS) is 15.9. The van der Waals surface area contributed by atoms with Crippen molar-refractivity contribution >= 4 is 45.3 Å². The first-order valence-electron chi connectivity index (χ1n) is 7.86. The molecule has 1 aliphatic heterocycles. The maximum Gasteiger partial charge on any atom is 0.338 e. The summed E-state index contributed by atoms with van der Waals surface area (Å²) in [4.78, 5) is 25.0. The molecule has 10 heteroatoms. The lowest BCUT2D eigenvalue weighted by Crippen LogP contribution is -2.26. The van der Waals surface area contributed by atoms with E-state index in [0.29, 0.717) is 21.7 Å². The standard InChI is InChI=1S/C17H12BrN3O5S/c1-8-15(22)19-10-6-9(2-4-12(10)27-8)17(23)24-7-14-20-21-16(26-14)11-3-5-13(18)25-11/h2-6,8H,7H2,1H3,(H,19,22)/t8-/m1/s1. The van der Waals surface area contributed by atoms with Crippen molar-refractivity contribution in [1.82, 2.24) is 10.2 Å². The number of hydrogen-bond acceptors (Lipinski definition) is 8. The summed E-state index contributed by atoms with van der Waals surface area (Å²) in [5.41, 5.74) is 0.917. The van der Waals surface area contributed by atoms with Gasteiger partial charge in [0.05, 0.1) is 16.5 Å². The minimum Gasteiger partial charge on any atom is -0.452 e. The molecular formula is C17H12BrN3O5S.